The fourth-order valence-corrected chi connectivity index (χ4v) is 6.83. The molecule has 3 N–H and O–H groups in total. The van der Waals surface area contributed by atoms with Crippen LogP contribution in [0.5, 0.6) is 0 Å². The second-order valence-corrected chi connectivity index (χ2v) is 9.19. The van der Waals surface area contributed by atoms with Gasteiger partial charge in [-0.2, -0.15) is 0 Å². The van der Waals surface area contributed by atoms with Crippen LogP contribution in [0.15, 0.2) is 23.8 Å². The smallest absolute Gasteiger partial charge is 0.190 e. The number of Topliss-reactive ketones (excluding diaryl/α,β-unsaturated/α-hetero) is 1. The first-order valence-electron chi connectivity index (χ1n) is 9.63. The molecule has 5 heteroatoms. The molecule has 0 saturated heterocycles. The summed E-state index contributed by atoms with van der Waals surface area (Å²) in [5.41, 5.74) is -1.56. The quantitative estimate of drug-likeness (QED) is 0.650. The van der Waals surface area contributed by atoms with Gasteiger partial charge in [-0.15, -0.1) is 0 Å². The topological polar surface area (TPSA) is 94.8 Å². The third kappa shape index (κ3) is 2.08. The molecular weight excluding hydrogens is 332 g/mol. The zero-order valence-electron chi connectivity index (χ0n) is 15.4. The zero-order chi connectivity index (χ0) is 18.9. The van der Waals surface area contributed by atoms with Crippen LogP contribution in [-0.4, -0.2) is 45.2 Å². The highest BCUT2D eigenvalue weighted by molar-refractivity contribution is 5.93. The minimum absolute atomic E-state index is 0.0171. The normalized spacial score (nSPS) is 49.9. The Kier molecular flexibility index (Phi) is 3.89. The minimum Gasteiger partial charge on any atom is -0.393 e. The summed E-state index contributed by atoms with van der Waals surface area (Å²) in [7, 11) is 0. The first-order valence-corrected chi connectivity index (χ1v) is 9.63. The SMILES string of the molecule is CC12C=CC(=O)CC1=CCC1C2[C@@H](O)CC2(C)C1CC[C@]2(O)C(=O)CO. The van der Waals surface area contributed by atoms with Crippen LogP contribution in [0.2, 0.25) is 0 Å². The summed E-state index contributed by atoms with van der Waals surface area (Å²) in [6, 6.07) is 0. The number of fused-ring (bicyclic) bond motifs is 5. The predicted molar refractivity (Wildman–Crippen MR) is 95.0 cm³/mol. The molecule has 142 valence electrons. The van der Waals surface area contributed by atoms with Crippen molar-refractivity contribution in [1.29, 1.82) is 0 Å². The van der Waals surface area contributed by atoms with E-state index in [0.29, 0.717) is 25.7 Å². The van der Waals surface area contributed by atoms with E-state index in [2.05, 4.69) is 13.0 Å². The van der Waals surface area contributed by atoms with Gasteiger partial charge in [0.2, 0.25) is 0 Å². The summed E-state index contributed by atoms with van der Waals surface area (Å²) < 4.78 is 0. The van der Waals surface area contributed by atoms with Gasteiger partial charge in [-0.3, -0.25) is 9.59 Å². The second-order valence-electron chi connectivity index (χ2n) is 9.19. The van der Waals surface area contributed by atoms with Crippen LogP contribution in [0.3, 0.4) is 0 Å². The molecule has 0 bridgehead atoms. The highest BCUT2D eigenvalue weighted by Crippen LogP contribution is 2.66. The van der Waals surface area contributed by atoms with Crippen molar-refractivity contribution in [3.63, 3.8) is 0 Å². The van der Waals surface area contributed by atoms with E-state index in [0.717, 1.165) is 12.0 Å². The van der Waals surface area contributed by atoms with Gasteiger partial charge in [0.15, 0.2) is 11.6 Å². The molecule has 0 radical (unpaired) electrons. The molecule has 5 nitrogen and oxygen atoms in total. The highest BCUT2D eigenvalue weighted by Gasteiger charge is 2.67. The van der Waals surface area contributed by atoms with E-state index >= 15 is 0 Å². The largest absolute Gasteiger partial charge is 0.393 e. The Morgan fingerprint density at radius 3 is 2.77 bits per heavy atom. The lowest BCUT2D eigenvalue weighted by atomic mass is 9.47. The number of aliphatic hydroxyl groups excluding tert-OH is 2. The van der Waals surface area contributed by atoms with Crippen molar-refractivity contribution in [3.05, 3.63) is 23.8 Å². The molecule has 5 unspecified atom stereocenters. The standard InChI is InChI=1S/C21H28O5/c1-19-7-5-13(23)9-12(19)3-4-14-15-6-8-21(26,17(25)11-22)20(15,2)10-16(24)18(14)19/h3,5,7,14-16,18,22,24,26H,4,6,8-11H2,1-2H3/t14?,15?,16-,18?,19?,20?,21-/m0/s1. The van der Waals surface area contributed by atoms with Gasteiger partial charge < -0.3 is 15.3 Å². The first kappa shape index (κ1) is 18.1. The maximum Gasteiger partial charge on any atom is 0.190 e. The molecule has 2 saturated carbocycles. The molecule has 26 heavy (non-hydrogen) atoms. The lowest BCUT2D eigenvalue weighted by Crippen LogP contribution is -2.61. The summed E-state index contributed by atoms with van der Waals surface area (Å²) in [5, 5.41) is 31.7. The third-order valence-electron chi connectivity index (χ3n) is 8.21. The number of carbonyl (C=O) groups excluding carboxylic acids is 2. The summed E-state index contributed by atoms with van der Waals surface area (Å²) in [6.45, 7) is 3.33. The van der Waals surface area contributed by atoms with E-state index in [-0.39, 0.29) is 29.0 Å². The van der Waals surface area contributed by atoms with Crippen LogP contribution in [0.25, 0.3) is 0 Å². The van der Waals surface area contributed by atoms with E-state index in [1.54, 1.807) is 6.08 Å². The van der Waals surface area contributed by atoms with Gasteiger partial charge in [-0.1, -0.05) is 31.6 Å². The molecule has 0 amide bonds. The fourth-order valence-electron chi connectivity index (χ4n) is 6.83. The van der Waals surface area contributed by atoms with E-state index < -0.39 is 29.5 Å². The van der Waals surface area contributed by atoms with Crippen LogP contribution in [0, 0.1) is 28.6 Å². The Morgan fingerprint density at radius 1 is 1.35 bits per heavy atom. The van der Waals surface area contributed by atoms with Crippen LogP contribution < -0.4 is 0 Å². The molecule has 4 rings (SSSR count). The summed E-state index contributed by atoms with van der Waals surface area (Å²) in [4.78, 5) is 24.2. The number of hydrogen-bond acceptors (Lipinski definition) is 5. The fraction of sp³-hybridized carbons (Fsp3) is 0.714. The summed E-state index contributed by atoms with van der Waals surface area (Å²) in [6.07, 6.45) is 7.64. The van der Waals surface area contributed by atoms with Crippen molar-refractivity contribution in [2.45, 2.75) is 57.7 Å². The number of carbonyl (C=O) groups is 2. The number of ketones is 2. The van der Waals surface area contributed by atoms with Gasteiger partial charge in [0, 0.05) is 23.2 Å². The number of hydrogen-bond donors (Lipinski definition) is 3. The molecule has 7 atom stereocenters. The molecule has 0 spiro atoms. The van der Waals surface area contributed by atoms with Crippen molar-refractivity contribution in [2.75, 3.05) is 6.61 Å². The Hall–Kier alpha value is -1.30. The molecule has 0 heterocycles. The predicted octanol–water partition coefficient (Wildman–Crippen LogP) is 1.56. The number of rotatable bonds is 2. The van der Waals surface area contributed by atoms with Crippen LogP contribution in [0.1, 0.15) is 46.0 Å². The van der Waals surface area contributed by atoms with Crippen LogP contribution in [0.4, 0.5) is 0 Å². The van der Waals surface area contributed by atoms with E-state index in [4.69, 9.17) is 0 Å². The van der Waals surface area contributed by atoms with Gasteiger partial charge in [-0.05, 0) is 43.6 Å². The molecular formula is C21H28O5. The molecule has 0 aromatic carbocycles. The molecule has 0 aliphatic heterocycles. The number of aliphatic hydroxyl groups is 3. The van der Waals surface area contributed by atoms with Gasteiger partial charge in [0.25, 0.3) is 0 Å². The van der Waals surface area contributed by atoms with Crippen LogP contribution >= 0.6 is 0 Å². The summed E-state index contributed by atoms with van der Waals surface area (Å²) >= 11 is 0. The van der Waals surface area contributed by atoms with Crippen LogP contribution in [-0.2, 0) is 9.59 Å². The summed E-state index contributed by atoms with van der Waals surface area (Å²) in [5.74, 6) is -0.190. The molecule has 0 aromatic rings. The van der Waals surface area contributed by atoms with Gasteiger partial charge >= 0.3 is 0 Å². The van der Waals surface area contributed by atoms with E-state index in [1.165, 1.54) is 0 Å². The Morgan fingerprint density at radius 2 is 2.08 bits per heavy atom. The second kappa shape index (κ2) is 5.60. The van der Waals surface area contributed by atoms with Crippen molar-refractivity contribution in [2.24, 2.45) is 28.6 Å². The van der Waals surface area contributed by atoms with Crippen molar-refractivity contribution >= 4 is 11.6 Å². The average Bonchev–Trinajstić information content (AvgIpc) is 2.86. The molecule has 4 aliphatic carbocycles. The monoisotopic (exact) mass is 360 g/mol. The van der Waals surface area contributed by atoms with Crippen molar-refractivity contribution in [3.8, 4) is 0 Å². The number of allylic oxidation sites excluding steroid dienone is 4. The lowest BCUT2D eigenvalue weighted by Gasteiger charge is -2.58. The maximum atomic E-state index is 12.3. The van der Waals surface area contributed by atoms with E-state index in [9.17, 15) is 24.9 Å². The highest BCUT2D eigenvalue weighted by atomic mass is 16.3. The Labute approximate surface area is 153 Å². The molecule has 4 aliphatic rings. The van der Waals surface area contributed by atoms with Gasteiger partial charge in [-0.25, -0.2) is 0 Å². The maximum absolute atomic E-state index is 12.3. The Bertz CT molecular complexity index is 724. The van der Waals surface area contributed by atoms with E-state index in [1.807, 2.05) is 13.0 Å². The average molecular weight is 360 g/mol. The minimum atomic E-state index is -1.57. The Balaban J connectivity index is 1.76. The molecule has 0 aromatic heterocycles. The molecule has 2 fully saturated rings. The van der Waals surface area contributed by atoms with Crippen molar-refractivity contribution in [1.82, 2.24) is 0 Å². The first-order chi connectivity index (χ1) is 12.2. The zero-order valence-corrected chi connectivity index (χ0v) is 15.4. The van der Waals surface area contributed by atoms with Gasteiger partial charge in [0.05, 0.1) is 6.10 Å². The third-order valence-corrected chi connectivity index (χ3v) is 8.21. The lowest BCUT2D eigenvalue weighted by molar-refractivity contribution is -0.176. The van der Waals surface area contributed by atoms with Crippen molar-refractivity contribution < 1.29 is 24.9 Å². The van der Waals surface area contributed by atoms with Gasteiger partial charge in [0.1, 0.15) is 12.2 Å².